The predicted molar refractivity (Wildman–Crippen MR) is 116 cm³/mol. The van der Waals surface area contributed by atoms with Crippen molar-refractivity contribution >= 4 is 0 Å². The van der Waals surface area contributed by atoms with Crippen molar-refractivity contribution in [3.05, 3.63) is 95.2 Å². The summed E-state index contributed by atoms with van der Waals surface area (Å²) in [7, 11) is 1.83. The highest BCUT2D eigenvalue weighted by atomic mass is 19.4. The highest BCUT2D eigenvalue weighted by Gasteiger charge is 2.31. The molecule has 34 heavy (non-hydrogen) atoms. The maximum Gasteiger partial charge on any atom is 0.416 e. The molecule has 0 saturated heterocycles. The number of aryl methyl sites for hydroxylation is 1. The molecule has 0 N–H and O–H groups in total. The van der Waals surface area contributed by atoms with Crippen LogP contribution >= 0.6 is 0 Å². The summed E-state index contributed by atoms with van der Waals surface area (Å²) in [6.45, 7) is 0.0572. The SMILES string of the molecule is Cn1cc(-c2cc(Cc3cc(F)c4c(c3)OCC(c3ccc(C(F)(F)F)cc3)O4)ccn2)cn1. The van der Waals surface area contributed by atoms with Gasteiger partial charge >= 0.3 is 6.18 Å². The molecule has 0 bridgehead atoms. The first-order chi connectivity index (χ1) is 16.3. The van der Waals surface area contributed by atoms with E-state index in [0.29, 0.717) is 17.5 Å². The molecule has 174 valence electrons. The summed E-state index contributed by atoms with van der Waals surface area (Å²) in [6.07, 6.45) is 0.598. The third kappa shape index (κ3) is 4.46. The van der Waals surface area contributed by atoms with Gasteiger partial charge in [0.25, 0.3) is 0 Å². The van der Waals surface area contributed by atoms with E-state index in [1.54, 1.807) is 23.1 Å². The first-order valence-electron chi connectivity index (χ1n) is 10.5. The fraction of sp³-hybridized carbons (Fsp3) is 0.200. The Bertz CT molecular complexity index is 1330. The number of benzene rings is 2. The van der Waals surface area contributed by atoms with Gasteiger partial charge in [-0.1, -0.05) is 12.1 Å². The quantitative estimate of drug-likeness (QED) is 0.358. The molecule has 5 nitrogen and oxygen atoms in total. The van der Waals surface area contributed by atoms with Crippen LogP contribution in [0.4, 0.5) is 17.6 Å². The van der Waals surface area contributed by atoms with E-state index in [0.717, 1.165) is 29.0 Å². The molecule has 3 heterocycles. The summed E-state index contributed by atoms with van der Waals surface area (Å²) in [5.74, 6) is -0.379. The zero-order valence-electron chi connectivity index (χ0n) is 18.0. The predicted octanol–water partition coefficient (Wildman–Crippen LogP) is 5.74. The summed E-state index contributed by atoms with van der Waals surface area (Å²) >= 11 is 0. The van der Waals surface area contributed by atoms with Crippen molar-refractivity contribution in [2.75, 3.05) is 6.61 Å². The number of nitrogens with zero attached hydrogens (tertiary/aromatic N) is 3. The van der Waals surface area contributed by atoms with Gasteiger partial charge in [-0.25, -0.2) is 4.39 Å². The van der Waals surface area contributed by atoms with Gasteiger partial charge in [0.1, 0.15) is 6.61 Å². The Hall–Kier alpha value is -3.88. The minimum atomic E-state index is -4.43. The summed E-state index contributed by atoms with van der Waals surface area (Å²) in [4.78, 5) is 4.37. The molecule has 0 amide bonds. The number of alkyl halides is 3. The molecule has 0 saturated carbocycles. The van der Waals surface area contributed by atoms with Crippen molar-refractivity contribution in [3.63, 3.8) is 0 Å². The summed E-state index contributed by atoms with van der Waals surface area (Å²) in [5.41, 5.74) is 2.99. The van der Waals surface area contributed by atoms with E-state index in [1.165, 1.54) is 18.2 Å². The Balaban J connectivity index is 1.34. The van der Waals surface area contributed by atoms with E-state index in [1.807, 2.05) is 25.4 Å². The number of halogens is 4. The maximum absolute atomic E-state index is 14.9. The van der Waals surface area contributed by atoms with Gasteiger partial charge in [0, 0.05) is 25.0 Å². The average molecular weight is 469 g/mol. The first-order valence-corrected chi connectivity index (χ1v) is 10.5. The van der Waals surface area contributed by atoms with Crippen LogP contribution in [0.25, 0.3) is 11.3 Å². The molecule has 2 aromatic heterocycles. The van der Waals surface area contributed by atoms with Crippen molar-refractivity contribution in [1.82, 2.24) is 14.8 Å². The van der Waals surface area contributed by atoms with E-state index >= 15 is 0 Å². The number of aromatic nitrogens is 3. The normalized spacial score (nSPS) is 15.4. The van der Waals surface area contributed by atoms with Gasteiger partial charge < -0.3 is 9.47 Å². The molecule has 0 fully saturated rings. The second-order valence-electron chi connectivity index (χ2n) is 8.07. The summed E-state index contributed by atoms with van der Waals surface area (Å²) in [6, 6.07) is 11.5. The Morgan fingerprint density at radius 3 is 2.56 bits per heavy atom. The monoisotopic (exact) mass is 469 g/mol. The van der Waals surface area contributed by atoms with Crippen molar-refractivity contribution in [2.45, 2.75) is 18.7 Å². The molecule has 1 atom stereocenters. The Kier molecular flexibility index (Phi) is 5.47. The lowest BCUT2D eigenvalue weighted by molar-refractivity contribution is -0.137. The molecule has 1 aliphatic rings. The molecule has 1 aliphatic heterocycles. The van der Waals surface area contributed by atoms with E-state index in [2.05, 4.69) is 10.1 Å². The minimum Gasteiger partial charge on any atom is -0.485 e. The molecular weight excluding hydrogens is 450 g/mol. The number of ether oxygens (including phenoxy) is 2. The second-order valence-corrected chi connectivity index (χ2v) is 8.07. The largest absolute Gasteiger partial charge is 0.485 e. The molecule has 1 unspecified atom stereocenters. The number of hydrogen-bond acceptors (Lipinski definition) is 4. The molecule has 0 spiro atoms. The van der Waals surface area contributed by atoms with Crippen LogP contribution in [0.1, 0.15) is 28.4 Å². The molecule has 9 heteroatoms. The number of pyridine rings is 1. The van der Waals surface area contributed by atoms with E-state index in [-0.39, 0.29) is 18.1 Å². The highest BCUT2D eigenvalue weighted by molar-refractivity contribution is 5.58. The van der Waals surface area contributed by atoms with Crippen molar-refractivity contribution in [2.24, 2.45) is 7.05 Å². The van der Waals surface area contributed by atoms with Crippen molar-refractivity contribution < 1.29 is 27.0 Å². The van der Waals surface area contributed by atoms with Crippen LogP contribution in [-0.2, 0) is 19.6 Å². The highest BCUT2D eigenvalue weighted by Crippen LogP contribution is 2.40. The van der Waals surface area contributed by atoms with E-state index < -0.39 is 23.7 Å². The van der Waals surface area contributed by atoms with Gasteiger partial charge in [0.2, 0.25) is 0 Å². The lowest BCUT2D eigenvalue weighted by atomic mass is 10.0. The van der Waals surface area contributed by atoms with Crippen LogP contribution in [0.3, 0.4) is 0 Å². The van der Waals surface area contributed by atoms with Gasteiger partial charge in [-0.2, -0.15) is 18.3 Å². The smallest absolute Gasteiger partial charge is 0.416 e. The number of rotatable bonds is 4. The fourth-order valence-corrected chi connectivity index (χ4v) is 3.87. The summed E-state index contributed by atoms with van der Waals surface area (Å²) in [5, 5.41) is 4.16. The fourth-order valence-electron chi connectivity index (χ4n) is 3.87. The van der Waals surface area contributed by atoms with Gasteiger partial charge in [-0.05, 0) is 59.5 Å². The van der Waals surface area contributed by atoms with Crippen molar-refractivity contribution in [3.8, 4) is 22.8 Å². The van der Waals surface area contributed by atoms with Gasteiger partial charge in [-0.3, -0.25) is 9.67 Å². The molecule has 2 aromatic carbocycles. The van der Waals surface area contributed by atoms with Crippen LogP contribution < -0.4 is 9.47 Å². The number of fused-ring (bicyclic) bond motifs is 1. The Labute approximate surface area is 192 Å². The van der Waals surface area contributed by atoms with Crippen LogP contribution in [0.15, 0.2) is 67.1 Å². The maximum atomic E-state index is 14.9. The van der Waals surface area contributed by atoms with Crippen LogP contribution in [0.2, 0.25) is 0 Å². The molecular formula is C25H19F4N3O2. The van der Waals surface area contributed by atoms with Gasteiger partial charge in [0.05, 0.1) is 17.5 Å². The van der Waals surface area contributed by atoms with Crippen LogP contribution in [0.5, 0.6) is 11.5 Å². The minimum absolute atomic E-state index is 0.0503. The zero-order chi connectivity index (χ0) is 23.9. The van der Waals surface area contributed by atoms with E-state index in [9.17, 15) is 17.6 Å². The van der Waals surface area contributed by atoms with Crippen molar-refractivity contribution in [1.29, 1.82) is 0 Å². The molecule has 0 aliphatic carbocycles. The summed E-state index contributed by atoms with van der Waals surface area (Å²) < 4.78 is 66.5. The van der Waals surface area contributed by atoms with E-state index in [4.69, 9.17) is 9.47 Å². The standard InChI is InChI=1S/C25H19F4N3O2/c1-32-13-18(12-31-32)21-10-15(6-7-30-21)8-16-9-20(26)24-22(11-16)33-14-23(34-24)17-2-4-19(5-3-17)25(27,28)29/h2-7,9-13,23H,8,14H2,1H3. The lowest BCUT2D eigenvalue weighted by Gasteiger charge is -2.27. The molecule has 0 radical (unpaired) electrons. The zero-order valence-corrected chi connectivity index (χ0v) is 18.0. The second kappa shape index (κ2) is 8.48. The topological polar surface area (TPSA) is 49.2 Å². The third-order valence-electron chi connectivity index (χ3n) is 5.56. The van der Waals surface area contributed by atoms with Crippen LogP contribution in [-0.4, -0.2) is 21.4 Å². The average Bonchev–Trinajstić information content (AvgIpc) is 3.25. The molecule has 4 aromatic rings. The Morgan fingerprint density at radius 2 is 1.85 bits per heavy atom. The molecule has 5 rings (SSSR count). The van der Waals surface area contributed by atoms with Gasteiger partial charge in [0.15, 0.2) is 23.4 Å². The third-order valence-corrected chi connectivity index (χ3v) is 5.56. The number of hydrogen-bond donors (Lipinski definition) is 0. The Morgan fingerprint density at radius 1 is 1.06 bits per heavy atom. The first kappa shape index (κ1) is 21.9. The van der Waals surface area contributed by atoms with Crippen LogP contribution in [0, 0.1) is 5.82 Å². The lowest BCUT2D eigenvalue weighted by Crippen LogP contribution is -2.22. The van der Waals surface area contributed by atoms with Gasteiger partial charge in [-0.15, -0.1) is 0 Å².